The molecule has 5 nitrogen and oxygen atoms in total. The average molecular weight is 492 g/mol. The first kappa shape index (κ1) is 21.0. The maximum atomic E-state index is 13.3. The van der Waals surface area contributed by atoms with E-state index in [-0.39, 0.29) is 0 Å². The second kappa shape index (κ2) is 5.58. The number of alkyl halides is 7. The van der Waals surface area contributed by atoms with Gasteiger partial charge in [0.1, 0.15) is 0 Å². The summed E-state index contributed by atoms with van der Waals surface area (Å²) in [4.78, 5) is 12.5. The van der Waals surface area contributed by atoms with Gasteiger partial charge in [0.2, 0.25) is 0 Å². The van der Waals surface area contributed by atoms with Gasteiger partial charge in [-0.2, -0.15) is 0 Å². The van der Waals surface area contributed by atoms with Crippen LogP contribution < -0.4 is 7.06 Å². The monoisotopic (exact) mass is 492 g/mol. The van der Waals surface area contributed by atoms with Crippen molar-refractivity contribution in [1.82, 2.24) is 7.06 Å². The van der Waals surface area contributed by atoms with Crippen LogP contribution in [0.15, 0.2) is 0 Å². The molecule has 0 aromatic carbocycles. The molecule has 2 aliphatic rings. The Labute approximate surface area is 147 Å². The van der Waals surface area contributed by atoms with Crippen LogP contribution >= 0.6 is 20.4 Å². The van der Waals surface area contributed by atoms with E-state index in [1.807, 2.05) is 0 Å². The van der Waals surface area contributed by atoms with Gasteiger partial charge in [-0.15, -0.1) is 0 Å². The number of nitrogens with one attached hydrogen (secondary N) is 2. The molecule has 2 heterocycles. The standard InChI is InChI=1S/C13H19F6IN2O3/c1-5-9(6-2,10(24,11(14,15)16)12(17,18)19)25-7(23)8(3,4)13-20(21-13)22-13/h21-22,24H,5-6H2,1-4H3. The van der Waals surface area contributed by atoms with E-state index in [0.717, 1.165) is 13.8 Å². The Morgan fingerprint density at radius 1 is 1.04 bits per heavy atom. The van der Waals surface area contributed by atoms with Crippen molar-refractivity contribution in [3.63, 3.8) is 0 Å². The predicted octanol–water partition coefficient (Wildman–Crippen LogP) is 3.17. The van der Waals surface area contributed by atoms with Gasteiger partial charge in [0.25, 0.3) is 0 Å². The normalized spacial score (nSPS) is 21.6. The van der Waals surface area contributed by atoms with E-state index in [0.29, 0.717) is 0 Å². The molecule has 0 saturated carbocycles. The summed E-state index contributed by atoms with van der Waals surface area (Å²) in [5.41, 5.74) is -9.71. The average Bonchev–Trinajstić information content (AvgIpc) is 3.30. The third kappa shape index (κ3) is 2.65. The number of fused-ring (bicyclic) bond motifs is 1. The third-order valence-electron chi connectivity index (χ3n) is 4.94. The molecule has 2 rings (SSSR count). The van der Waals surface area contributed by atoms with Gasteiger partial charge in [-0.05, 0) is 0 Å². The number of esters is 1. The Morgan fingerprint density at radius 3 is 1.64 bits per heavy atom. The second-order valence-electron chi connectivity index (χ2n) is 6.55. The molecule has 12 heteroatoms. The van der Waals surface area contributed by atoms with Crippen LogP contribution in [-0.4, -0.2) is 38.3 Å². The summed E-state index contributed by atoms with van der Waals surface area (Å²) < 4.78 is 89.8. The van der Waals surface area contributed by atoms with Gasteiger partial charge >= 0.3 is 148 Å². The number of hydrogen-bond acceptors (Lipinski definition) is 5. The van der Waals surface area contributed by atoms with Gasteiger partial charge in [-0.25, -0.2) is 0 Å². The molecule has 148 valence electrons. The molecular formula is C13H19F6IN2O3. The minimum atomic E-state index is -6.08. The van der Waals surface area contributed by atoms with E-state index in [4.69, 9.17) is 4.74 Å². The van der Waals surface area contributed by atoms with Crippen LogP contribution in [-0.2, 0) is 9.53 Å². The molecule has 3 N–H and O–H groups in total. The predicted molar refractivity (Wildman–Crippen MR) is 83.3 cm³/mol. The van der Waals surface area contributed by atoms with Gasteiger partial charge in [-0.3, -0.25) is 0 Å². The van der Waals surface area contributed by atoms with Crippen molar-refractivity contribution in [2.45, 2.75) is 67.8 Å². The molecule has 0 radical (unpaired) electrons. The van der Waals surface area contributed by atoms with Gasteiger partial charge in [0.05, 0.1) is 0 Å². The van der Waals surface area contributed by atoms with E-state index < -0.39 is 71.8 Å². The van der Waals surface area contributed by atoms with E-state index in [9.17, 15) is 36.2 Å². The molecule has 0 spiro atoms. The van der Waals surface area contributed by atoms with Gasteiger partial charge in [-0.1, -0.05) is 0 Å². The summed E-state index contributed by atoms with van der Waals surface area (Å²) >= 11 is -1.71. The van der Waals surface area contributed by atoms with Crippen molar-refractivity contribution in [3.8, 4) is 0 Å². The number of rotatable bonds is 6. The van der Waals surface area contributed by atoms with Crippen LogP contribution in [0.4, 0.5) is 26.3 Å². The fourth-order valence-electron chi connectivity index (χ4n) is 2.80. The number of ether oxygens (including phenoxy) is 1. The zero-order valence-corrected chi connectivity index (χ0v) is 16.0. The zero-order valence-electron chi connectivity index (χ0n) is 13.8. The van der Waals surface area contributed by atoms with Gasteiger partial charge < -0.3 is 0 Å². The first-order chi connectivity index (χ1) is 11.1. The molecule has 0 aromatic heterocycles. The van der Waals surface area contributed by atoms with E-state index in [2.05, 4.69) is 7.06 Å². The van der Waals surface area contributed by atoms with Crippen LogP contribution in [0.1, 0.15) is 40.5 Å². The number of carbonyl (C=O) groups excluding carboxylic acids is 1. The van der Waals surface area contributed by atoms with E-state index in [1.54, 1.807) is 0 Å². The molecule has 2 saturated heterocycles. The molecule has 25 heavy (non-hydrogen) atoms. The maximum absolute atomic E-state index is 13.3. The molecular weight excluding hydrogens is 473 g/mol. The molecule has 0 atom stereocenters. The Balaban J connectivity index is 2.44. The fraction of sp³-hybridized carbons (Fsp3) is 0.923. The van der Waals surface area contributed by atoms with E-state index >= 15 is 0 Å². The summed E-state index contributed by atoms with van der Waals surface area (Å²) in [6, 6.07) is 0. The van der Waals surface area contributed by atoms with Crippen LogP contribution in [0.3, 0.4) is 0 Å². The summed E-state index contributed by atoms with van der Waals surface area (Å²) in [7, 11) is 0. The molecule has 0 unspecified atom stereocenters. The van der Waals surface area contributed by atoms with Crippen molar-refractivity contribution < 1.29 is 41.0 Å². The molecule has 2 fully saturated rings. The number of carbonyl (C=O) groups is 1. The van der Waals surface area contributed by atoms with Crippen molar-refractivity contribution in [3.05, 3.63) is 0 Å². The SMILES string of the molecule is CCC(CC)(OC(=O)C(C)(C)C12NI1N2)C(O)(C(F)(F)F)C(F)(F)F. The quantitative estimate of drug-likeness (QED) is 0.101. The van der Waals surface area contributed by atoms with Gasteiger partial charge in [0.15, 0.2) is 0 Å². The zero-order chi connectivity index (χ0) is 19.7. The van der Waals surface area contributed by atoms with Crippen LogP contribution in [0.2, 0.25) is 0 Å². The van der Waals surface area contributed by atoms with Crippen LogP contribution in [0, 0.1) is 5.41 Å². The summed E-state index contributed by atoms with van der Waals surface area (Å²) in [5.74, 6) is -1.22. The summed E-state index contributed by atoms with van der Waals surface area (Å²) in [5, 5.41) is 9.79. The third-order valence-corrected chi connectivity index (χ3v) is 10.1. The Bertz CT molecular complexity index is 553. The molecule has 0 amide bonds. The molecule has 2 aliphatic heterocycles. The first-order valence-electron chi connectivity index (χ1n) is 7.41. The topological polar surface area (TPSA) is 90.4 Å². The van der Waals surface area contributed by atoms with Crippen molar-refractivity contribution in [2.24, 2.45) is 5.41 Å². The summed E-state index contributed by atoms with van der Waals surface area (Å²) in [6.07, 6.45) is -13.9. The molecule has 0 aliphatic carbocycles. The Hall–Kier alpha value is -0.340. The van der Waals surface area contributed by atoms with Crippen LogP contribution in [0.25, 0.3) is 0 Å². The Kier molecular flexibility index (Phi) is 4.68. The summed E-state index contributed by atoms with van der Waals surface area (Å²) in [6.45, 7) is 4.79. The van der Waals surface area contributed by atoms with Crippen molar-refractivity contribution in [2.75, 3.05) is 0 Å². The van der Waals surface area contributed by atoms with Gasteiger partial charge in [0, 0.05) is 0 Å². The second-order valence-corrected chi connectivity index (χ2v) is 10.9. The number of aliphatic hydroxyl groups is 1. The Morgan fingerprint density at radius 2 is 1.40 bits per heavy atom. The van der Waals surface area contributed by atoms with Crippen molar-refractivity contribution in [1.29, 1.82) is 0 Å². The first-order valence-corrected chi connectivity index (χ1v) is 10.6. The number of halogens is 7. The minimum absolute atomic E-state index is 0.726. The molecule has 0 aromatic rings. The van der Waals surface area contributed by atoms with Crippen molar-refractivity contribution >= 4 is 26.3 Å². The number of hydrogen-bond donors (Lipinski definition) is 3. The molecule has 0 bridgehead atoms. The van der Waals surface area contributed by atoms with E-state index in [1.165, 1.54) is 13.8 Å². The van der Waals surface area contributed by atoms with Crippen LogP contribution in [0.5, 0.6) is 0 Å². The fourth-order valence-corrected chi connectivity index (χ4v) is 8.37.